The van der Waals surface area contributed by atoms with Crippen LogP contribution in [-0.4, -0.2) is 41.3 Å². The van der Waals surface area contributed by atoms with Crippen LogP contribution in [0.4, 0.5) is 0 Å². The van der Waals surface area contributed by atoms with E-state index in [9.17, 15) is 4.79 Å². The predicted molar refractivity (Wildman–Crippen MR) is 87.0 cm³/mol. The molecule has 1 heterocycles. The number of nitrogens with zero attached hydrogens (tertiary/aromatic N) is 3. The molecule has 2 aromatic rings. The average Bonchev–Trinajstić information content (AvgIpc) is 2.88. The number of hydrogen-bond acceptors (Lipinski definition) is 3. The van der Waals surface area contributed by atoms with Crippen LogP contribution in [0.5, 0.6) is 5.75 Å². The van der Waals surface area contributed by atoms with Crippen LogP contribution in [0.3, 0.4) is 0 Å². The van der Waals surface area contributed by atoms with Gasteiger partial charge in [0.05, 0.1) is 12.3 Å². The van der Waals surface area contributed by atoms with E-state index in [0.717, 1.165) is 22.6 Å². The number of carbonyl (C=O) groups excluding carboxylic acids is 1. The van der Waals surface area contributed by atoms with E-state index in [1.807, 2.05) is 51.2 Å². The first-order valence-electron chi connectivity index (χ1n) is 7.44. The number of aromatic nitrogens is 2. The Hall–Kier alpha value is -2.30. The van der Waals surface area contributed by atoms with Crippen LogP contribution >= 0.6 is 0 Å². The molecule has 0 saturated heterocycles. The molecular weight excluding hydrogens is 278 g/mol. The molecule has 0 aliphatic heterocycles. The summed E-state index contributed by atoms with van der Waals surface area (Å²) in [6.45, 7) is 6.41. The largest absolute Gasteiger partial charge is 0.493 e. The molecule has 22 heavy (non-hydrogen) atoms. The van der Waals surface area contributed by atoms with E-state index in [1.165, 1.54) is 0 Å². The van der Waals surface area contributed by atoms with Gasteiger partial charge in [0.25, 0.3) is 0 Å². The zero-order chi connectivity index (χ0) is 16.3. The molecule has 0 aliphatic rings. The smallest absolute Gasteiger partial charge is 0.246 e. The minimum Gasteiger partial charge on any atom is -0.493 e. The lowest BCUT2D eigenvalue weighted by Gasteiger charge is -2.17. The molecule has 0 N–H and O–H groups in total. The Bertz CT molecular complexity index is 662. The van der Waals surface area contributed by atoms with Crippen molar-refractivity contribution < 1.29 is 9.53 Å². The standard InChI is InChI=1S/C17H23N3O2/c1-6-22-15-10-8-7-9-14(15)16-12(2)11-20(18-16)13(3)17(21)19(4)5/h7-11,13H,6H2,1-5H3/t13-/m1/s1. The number of amides is 1. The van der Waals surface area contributed by atoms with Crippen LogP contribution in [0, 0.1) is 6.92 Å². The summed E-state index contributed by atoms with van der Waals surface area (Å²) < 4.78 is 7.40. The highest BCUT2D eigenvalue weighted by Crippen LogP contribution is 2.31. The first-order chi connectivity index (χ1) is 10.5. The van der Waals surface area contributed by atoms with E-state index in [-0.39, 0.29) is 11.9 Å². The Morgan fingerprint density at radius 1 is 1.36 bits per heavy atom. The average molecular weight is 301 g/mol. The molecule has 5 nitrogen and oxygen atoms in total. The lowest BCUT2D eigenvalue weighted by Crippen LogP contribution is -2.30. The van der Waals surface area contributed by atoms with Crippen LogP contribution < -0.4 is 4.74 Å². The minimum absolute atomic E-state index is 0.0205. The fraction of sp³-hybridized carbons (Fsp3) is 0.412. The number of rotatable bonds is 5. The van der Waals surface area contributed by atoms with Crippen LogP contribution in [-0.2, 0) is 4.79 Å². The molecule has 0 aliphatic carbocycles. The second-order valence-electron chi connectivity index (χ2n) is 5.48. The Morgan fingerprint density at radius 3 is 2.68 bits per heavy atom. The van der Waals surface area contributed by atoms with Crippen molar-refractivity contribution in [2.24, 2.45) is 0 Å². The Morgan fingerprint density at radius 2 is 2.05 bits per heavy atom. The van der Waals surface area contributed by atoms with E-state index < -0.39 is 0 Å². The van der Waals surface area contributed by atoms with Gasteiger partial charge in [0.1, 0.15) is 11.8 Å². The fourth-order valence-corrected chi connectivity index (χ4v) is 2.38. The van der Waals surface area contributed by atoms with Crippen LogP contribution in [0.25, 0.3) is 11.3 Å². The van der Waals surface area contributed by atoms with Crippen molar-refractivity contribution in [3.63, 3.8) is 0 Å². The number of hydrogen-bond donors (Lipinski definition) is 0. The zero-order valence-corrected chi connectivity index (χ0v) is 13.8. The predicted octanol–water partition coefficient (Wildman–Crippen LogP) is 2.91. The summed E-state index contributed by atoms with van der Waals surface area (Å²) in [6, 6.07) is 7.50. The summed E-state index contributed by atoms with van der Waals surface area (Å²) in [4.78, 5) is 13.7. The lowest BCUT2D eigenvalue weighted by molar-refractivity contribution is -0.131. The normalized spacial score (nSPS) is 12.0. The van der Waals surface area contributed by atoms with Gasteiger partial charge in [0.2, 0.25) is 5.91 Å². The van der Waals surface area contributed by atoms with Crippen molar-refractivity contribution in [2.45, 2.75) is 26.8 Å². The topological polar surface area (TPSA) is 47.4 Å². The molecule has 1 amide bonds. The van der Waals surface area contributed by atoms with Gasteiger partial charge in [-0.05, 0) is 38.5 Å². The van der Waals surface area contributed by atoms with E-state index in [0.29, 0.717) is 6.61 Å². The molecule has 1 aromatic heterocycles. The molecule has 0 fully saturated rings. The van der Waals surface area contributed by atoms with Gasteiger partial charge in [-0.3, -0.25) is 9.48 Å². The SMILES string of the molecule is CCOc1ccccc1-c1nn([C@H](C)C(=O)N(C)C)cc1C. The molecule has 2 rings (SSSR count). The van der Waals surface area contributed by atoms with E-state index in [2.05, 4.69) is 5.10 Å². The van der Waals surface area contributed by atoms with E-state index in [4.69, 9.17) is 4.74 Å². The van der Waals surface area contributed by atoms with E-state index >= 15 is 0 Å². The maximum absolute atomic E-state index is 12.1. The van der Waals surface area contributed by atoms with Crippen LogP contribution in [0.1, 0.15) is 25.5 Å². The van der Waals surface area contributed by atoms with Crippen LogP contribution in [0.15, 0.2) is 30.5 Å². The Kier molecular flexibility index (Phi) is 4.85. The number of para-hydroxylation sites is 1. The molecule has 0 bridgehead atoms. The molecule has 1 atom stereocenters. The van der Waals surface area contributed by atoms with Gasteiger partial charge in [-0.1, -0.05) is 12.1 Å². The summed E-state index contributed by atoms with van der Waals surface area (Å²) in [7, 11) is 3.50. The monoisotopic (exact) mass is 301 g/mol. The van der Waals surface area contributed by atoms with E-state index in [1.54, 1.807) is 23.7 Å². The maximum Gasteiger partial charge on any atom is 0.246 e. The van der Waals surface area contributed by atoms with Gasteiger partial charge >= 0.3 is 0 Å². The quantitative estimate of drug-likeness (QED) is 0.853. The van der Waals surface area contributed by atoms with Crippen molar-refractivity contribution in [1.82, 2.24) is 14.7 Å². The number of aryl methyl sites for hydroxylation is 1. The number of ether oxygens (including phenoxy) is 1. The third-order valence-corrected chi connectivity index (χ3v) is 3.55. The molecule has 0 spiro atoms. The van der Waals surface area contributed by atoms with Crippen molar-refractivity contribution in [3.8, 4) is 17.0 Å². The van der Waals surface area contributed by atoms with Gasteiger partial charge < -0.3 is 9.64 Å². The summed E-state index contributed by atoms with van der Waals surface area (Å²) in [5.74, 6) is 0.831. The highest BCUT2D eigenvalue weighted by atomic mass is 16.5. The Balaban J connectivity index is 2.41. The molecular formula is C17H23N3O2. The van der Waals surface area contributed by atoms with Gasteiger partial charge in [-0.25, -0.2) is 0 Å². The van der Waals surface area contributed by atoms with Gasteiger partial charge in [-0.2, -0.15) is 5.10 Å². The molecule has 0 radical (unpaired) electrons. The molecule has 0 saturated carbocycles. The van der Waals surface area contributed by atoms with Crippen LogP contribution in [0.2, 0.25) is 0 Å². The molecule has 1 aromatic carbocycles. The number of carbonyl (C=O) groups is 1. The highest BCUT2D eigenvalue weighted by Gasteiger charge is 2.20. The Labute approximate surface area is 131 Å². The summed E-state index contributed by atoms with van der Waals surface area (Å²) in [5, 5.41) is 4.62. The highest BCUT2D eigenvalue weighted by molar-refractivity contribution is 5.79. The van der Waals surface area contributed by atoms with Crippen molar-refractivity contribution in [2.75, 3.05) is 20.7 Å². The van der Waals surface area contributed by atoms with Crippen molar-refractivity contribution in [3.05, 3.63) is 36.0 Å². The summed E-state index contributed by atoms with van der Waals surface area (Å²) in [6.07, 6.45) is 1.91. The lowest BCUT2D eigenvalue weighted by atomic mass is 10.1. The van der Waals surface area contributed by atoms with Crippen molar-refractivity contribution >= 4 is 5.91 Å². The van der Waals surface area contributed by atoms with Gasteiger partial charge in [0.15, 0.2) is 0 Å². The molecule has 5 heteroatoms. The first-order valence-corrected chi connectivity index (χ1v) is 7.44. The third kappa shape index (κ3) is 3.13. The summed E-state index contributed by atoms with van der Waals surface area (Å²) >= 11 is 0. The number of benzene rings is 1. The van der Waals surface area contributed by atoms with Gasteiger partial charge in [0, 0.05) is 25.9 Å². The number of likely N-dealkylation sites (N-methyl/N-ethyl adjacent to an activating group) is 1. The van der Waals surface area contributed by atoms with Crippen molar-refractivity contribution in [1.29, 1.82) is 0 Å². The first kappa shape index (κ1) is 16.1. The summed E-state index contributed by atoms with van der Waals surface area (Å²) in [5.41, 5.74) is 2.82. The second-order valence-corrected chi connectivity index (χ2v) is 5.48. The maximum atomic E-state index is 12.1. The molecule has 0 unspecified atom stereocenters. The van der Waals surface area contributed by atoms with Gasteiger partial charge in [-0.15, -0.1) is 0 Å². The molecule has 118 valence electrons. The second kappa shape index (κ2) is 6.64. The third-order valence-electron chi connectivity index (χ3n) is 3.55. The fourth-order valence-electron chi connectivity index (χ4n) is 2.38. The minimum atomic E-state index is -0.332. The zero-order valence-electron chi connectivity index (χ0n) is 13.8.